The summed E-state index contributed by atoms with van der Waals surface area (Å²) in [6, 6.07) is 89.1. The van der Waals surface area contributed by atoms with Gasteiger partial charge in [-0.05, 0) is 133 Å². The molecule has 0 bridgehead atoms. The van der Waals surface area contributed by atoms with Crippen LogP contribution < -0.4 is 0 Å². The zero-order valence-electron chi connectivity index (χ0n) is 40.4. The Kier molecular flexibility index (Phi) is 10.7. The van der Waals surface area contributed by atoms with Crippen molar-refractivity contribution in [3.05, 3.63) is 254 Å². The zero-order chi connectivity index (χ0) is 48.3. The van der Waals surface area contributed by atoms with E-state index in [1.807, 2.05) is 11.3 Å². The van der Waals surface area contributed by atoms with Crippen molar-refractivity contribution in [3.8, 4) is 101 Å². The van der Waals surface area contributed by atoms with Crippen LogP contribution >= 0.6 is 11.3 Å². The Balaban J connectivity index is 0.921. The van der Waals surface area contributed by atoms with Crippen LogP contribution in [-0.2, 0) is 5.41 Å². The van der Waals surface area contributed by atoms with E-state index in [0.29, 0.717) is 5.82 Å². The van der Waals surface area contributed by atoms with Crippen LogP contribution in [0.5, 0.6) is 0 Å². The largest absolute Gasteiger partial charge is 0.228 e. The van der Waals surface area contributed by atoms with E-state index in [1.54, 1.807) is 0 Å². The summed E-state index contributed by atoms with van der Waals surface area (Å²) in [5, 5.41) is 2.50. The second-order valence-electron chi connectivity index (χ2n) is 19.9. The van der Waals surface area contributed by atoms with Crippen molar-refractivity contribution >= 4 is 31.5 Å². The van der Waals surface area contributed by atoms with E-state index in [4.69, 9.17) is 9.97 Å². The average molecular weight is 951 g/mol. The van der Waals surface area contributed by atoms with Crippen molar-refractivity contribution in [2.75, 3.05) is 0 Å². The minimum atomic E-state index is 0.0853. The molecule has 2 aliphatic carbocycles. The van der Waals surface area contributed by atoms with Crippen LogP contribution in [0.4, 0.5) is 0 Å². The molecule has 0 saturated heterocycles. The normalized spacial score (nSPS) is 13.6. The summed E-state index contributed by atoms with van der Waals surface area (Å²) in [5.41, 5.74) is 22.9. The van der Waals surface area contributed by atoms with Crippen molar-refractivity contribution in [3.63, 3.8) is 0 Å². The molecule has 346 valence electrons. The van der Waals surface area contributed by atoms with Gasteiger partial charge in [-0.3, -0.25) is 0 Å². The van der Waals surface area contributed by atoms with Gasteiger partial charge in [0.1, 0.15) is 0 Å². The fourth-order valence-electron chi connectivity index (χ4n) is 12.1. The fraction of sp³-hybridized carbons (Fsp3) is 0.0857. The number of fused-ring (bicyclic) bond motifs is 8. The average Bonchev–Trinajstić information content (AvgIpc) is 3.99. The molecule has 0 unspecified atom stereocenters. The van der Waals surface area contributed by atoms with Gasteiger partial charge >= 0.3 is 0 Å². The number of rotatable bonds is 8. The summed E-state index contributed by atoms with van der Waals surface area (Å²) in [6.07, 6.45) is 6.28. The van der Waals surface area contributed by atoms with E-state index in [1.165, 1.54) is 125 Å². The Morgan fingerprint density at radius 2 is 0.822 bits per heavy atom. The lowest BCUT2D eigenvalue weighted by Crippen LogP contribution is -2.28. The molecule has 14 rings (SSSR count). The van der Waals surface area contributed by atoms with Crippen molar-refractivity contribution in [2.24, 2.45) is 0 Å². The molecule has 0 radical (unpaired) electrons. The van der Waals surface area contributed by atoms with E-state index in [2.05, 4.69) is 243 Å². The summed E-state index contributed by atoms with van der Waals surface area (Å²) in [5.74, 6) is 0.703. The highest BCUT2D eigenvalue weighted by molar-refractivity contribution is 7.26. The third-order valence-corrected chi connectivity index (χ3v) is 16.9. The molecule has 1 saturated carbocycles. The van der Waals surface area contributed by atoms with E-state index in [0.717, 1.165) is 33.6 Å². The monoisotopic (exact) mass is 950 g/mol. The Hall–Kier alpha value is -8.50. The second kappa shape index (κ2) is 18.0. The van der Waals surface area contributed by atoms with Gasteiger partial charge < -0.3 is 0 Å². The first-order valence-corrected chi connectivity index (χ1v) is 26.6. The lowest BCUT2D eigenvalue weighted by Gasteiger charge is -2.36. The van der Waals surface area contributed by atoms with Crippen LogP contribution in [0, 0.1) is 0 Å². The Bertz CT molecular complexity index is 4040. The first-order valence-electron chi connectivity index (χ1n) is 25.7. The molecule has 0 N–H and O–H groups in total. The maximum Gasteiger partial charge on any atom is 0.160 e. The van der Waals surface area contributed by atoms with Crippen molar-refractivity contribution in [1.29, 1.82) is 0 Å². The van der Waals surface area contributed by atoms with Gasteiger partial charge in [0.15, 0.2) is 5.82 Å². The first-order chi connectivity index (χ1) is 36.1. The molecule has 2 aliphatic rings. The molecule has 0 atom stereocenters. The molecule has 2 nitrogen and oxygen atoms in total. The number of benzene rings is 10. The highest BCUT2D eigenvalue weighted by Gasteiger charge is 2.43. The molecule has 1 spiro atoms. The minimum Gasteiger partial charge on any atom is -0.228 e. The summed E-state index contributed by atoms with van der Waals surface area (Å²) in [6.45, 7) is 0. The molecule has 2 aromatic heterocycles. The van der Waals surface area contributed by atoms with Gasteiger partial charge in [0.2, 0.25) is 0 Å². The molecule has 12 aromatic rings. The van der Waals surface area contributed by atoms with Gasteiger partial charge in [-0.25, -0.2) is 9.97 Å². The summed E-state index contributed by atoms with van der Waals surface area (Å²) in [4.78, 5) is 10.8. The Labute approximate surface area is 431 Å². The highest BCUT2D eigenvalue weighted by Crippen LogP contribution is 2.56. The van der Waals surface area contributed by atoms with Crippen LogP contribution in [0.15, 0.2) is 243 Å². The van der Waals surface area contributed by atoms with Crippen LogP contribution in [0.1, 0.15) is 43.2 Å². The molecule has 2 heterocycles. The number of nitrogens with zero attached hydrogens (tertiary/aromatic N) is 2. The number of aromatic nitrogens is 2. The lowest BCUT2D eigenvalue weighted by molar-refractivity contribution is 0.353. The van der Waals surface area contributed by atoms with Gasteiger partial charge in [0.05, 0.1) is 11.4 Å². The van der Waals surface area contributed by atoms with Crippen molar-refractivity contribution in [1.82, 2.24) is 9.97 Å². The van der Waals surface area contributed by atoms with Gasteiger partial charge in [-0.1, -0.05) is 219 Å². The third kappa shape index (κ3) is 7.62. The predicted molar refractivity (Wildman–Crippen MR) is 308 cm³/mol. The van der Waals surface area contributed by atoms with Crippen molar-refractivity contribution in [2.45, 2.75) is 37.5 Å². The van der Waals surface area contributed by atoms with E-state index in [-0.39, 0.29) is 5.41 Å². The van der Waals surface area contributed by atoms with Crippen LogP contribution in [0.3, 0.4) is 0 Å². The van der Waals surface area contributed by atoms with Crippen LogP contribution in [-0.4, -0.2) is 9.97 Å². The predicted octanol–water partition coefficient (Wildman–Crippen LogP) is 19.4. The lowest BCUT2D eigenvalue weighted by atomic mass is 9.67. The maximum absolute atomic E-state index is 5.42. The smallest absolute Gasteiger partial charge is 0.160 e. The molecular weight excluding hydrogens is 901 g/mol. The fourth-order valence-corrected chi connectivity index (χ4v) is 13.4. The van der Waals surface area contributed by atoms with Crippen LogP contribution in [0.2, 0.25) is 0 Å². The highest BCUT2D eigenvalue weighted by atomic mass is 32.1. The molecule has 0 aliphatic heterocycles. The molecular formula is C70H50N2S. The third-order valence-electron chi connectivity index (χ3n) is 15.7. The SMILES string of the molecule is c1ccc(-c2cc(-c3cccc(-c4cc(-c5ccc(-c6ccccc6)c6c5sc5cc(-c7ccccc7)ccc56)nc(-c5ccccc5)n4)c3)cc(-c3ccc4c(c3)C3(CCCCC3)c3ccccc3-4)c2)cc1. The number of hydrogen-bond donors (Lipinski definition) is 0. The standard InChI is InChI=1S/C70H50N2S/c1-6-19-46(20-7-1)52-32-34-61-66(44-52)73-68-60(36-35-57(67(61)68)48-23-10-3-11-24-48)65-45-64(71-69(72-65)49-25-12-4-13-26-49)53-28-18-27-50(39-53)55-40-54(47-21-8-2-9-22-47)41-56(42-55)51-31-33-59-58-29-14-15-30-62(58)70(63(59)43-51)37-16-5-17-38-70/h1-4,6-15,18-36,39-45H,5,16-17,37-38H2. The molecule has 0 amide bonds. The van der Waals surface area contributed by atoms with E-state index >= 15 is 0 Å². The molecule has 1 fully saturated rings. The topological polar surface area (TPSA) is 25.8 Å². The van der Waals surface area contributed by atoms with E-state index in [9.17, 15) is 0 Å². The second-order valence-corrected chi connectivity index (χ2v) is 21.0. The molecule has 3 heteroatoms. The summed E-state index contributed by atoms with van der Waals surface area (Å²) >= 11 is 1.85. The van der Waals surface area contributed by atoms with Gasteiger partial charge in [-0.15, -0.1) is 11.3 Å². The summed E-state index contributed by atoms with van der Waals surface area (Å²) in [7, 11) is 0. The molecule has 10 aromatic carbocycles. The van der Waals surface area contributed by atoms with E-state index < -0.39 is 0 Å². The Morgan fingerprint density at radius 1 is 0.315 bits per heavy atom. The quantitative estimate of drug-likeness (QED) is 0.152. The van der Waals surface area contributed by atoms with Crippen molar-refractivity contribution < 1.29 is 0 Å². The Morgan fingerprint density at radius 3 is 1.55 bits per heavy atom. The zero-order valence-corrected chi connectivity index (χ0v) is 41.2. The number of hydrogen-bond acceptors (Lipinski definition) is 3. The first kappa shape index (κ1) is 43.3. The minimum absolute atomic E-state index is 0.0853. The van der Waals surface area contributed by atoms with Gasteiger partial charge in [0, 0.05) is 42.3 Å². The van der Waals surface area contributed by atoms with Crippen LogP contribution in [0.25, 0.3) is 121 Å². The maximum atomic E-state index is 5.42. The van der Waals surface area contributed by atoms with Gasteiger partial charge in [0.25, 0.3) is 0 Å². The number of thiophene rings is 1. The molecule has 73 heavy (non-hydrogen) atoms. The summed E-state index contributed by atoms with van der Waals surface area (Å²) < 4.78 is 2.47. The van der Waals surface area contributed by atoms with Gasteiger partial charge in [-0.2, -0.15) is 0 Å².